The van der Waals surface area contributed by atoms with Crippen LogP contribution in [0.4, 0.5) is 5.82 Å². The van der Waals surface area contributed by atoms with Crippen LogP contribution in [0.2, 0.25) is 0 Å². The highest BCUT2D eigenvalue weighted by Gasteiger charge is 2.11. The van der Waals surface area contributed by atoms with E-state index in [0.717, 1.165) is 29.9 Å². The Morgan fingerprint density at radius 3 is 2.71 bits per heavy atom. The summed E-state index contributed by atoms with van der Waals surface area (Å²) >= 11 is 0. The number of imidazole rings is 1. The van der Waals surface area contributed by atoms with Crippen molar-refractivity contribution in [2.75, 3.05) is 14.2 Å². The van der Waals surface area contributed by atoms with E-state index < -0.39 is 0 Å². The van der Waals surface area contributed by atoms with Gasteiger partial charge in [0.05, 0.1) is 26.5 Å². The molecule has 4 N–H and O–H groups in total. The third-order valence-corrected chi connectivity index (χ3v) is 5.17. The van der Waals surface area contributed by atoms with Gasteiger partial charge >= 0.3 is 0 Å². The van der Waals surface area contributed by atoms with Crippen LogP contribution in [0.25, 0.3) is 6.20 Å². The van der Waals surface area contributed by atoms with Crippen LogP contribution >= 0.6 is 0 Å². The zero-order valence-corrected chi connectivity index (χ0v) is 19.0. The minimum atomic E-state index is -0.259. The monoisotopic (exact) mass is 462 g/mol. The topological polar surface area (TPSA) is 148 Å². The van der Waals surface area contributed by atoms with E-state index in [1.165, 1.54) is 17.0 Å². The molecule has 2 aromatic heterocycles. The predicted octanol–water partition coefficient (Wildman–Crippen LogP) is 1.47. The van der Waals surface area contributed by atoms with Gasteiger partial charge < -0.3 is 25.5 Å². The van der Waals surface area contributed by atoms with Gasteiger partial charge in [-0.3, -0.25) is 9.36 Å². The fourth-order valence-corrected chi connectivity index (χ4v) is 3.61. The first kappa shape index (κ1) is 22.8. The Morgan fingerprint density at radius 2 is 2.00 bits per heavy atom. The molecule has 0 saturated heterocycles. The maximum Gasteiger partial charge on any atom is 0.255 e. The standard InChI is InChI=1S/C23H26N8O3/c1-33-17-7-6-15(9-18(17)34-2)10-20(29-23(24)25)28-19-11-22(32)31(14-26-19)13-16-12-30-8-4-3-5-21(30)27-16/h4,6-9,11-12,14H,3,5,10,13H2,1-2H3,(H4,24,25,28,29). The molecule has 1 aromatic carbocycles. The minimum Gasteiger partial charge on any atom is -0.493 e. The molecule has 0 atom stereocenters. The summed E-state index contributed by atoms with van der Waals surface area (Å²) in [5.41, 5.74) is 12.5. The average Bonchev–Trinajstić information content (AvgIpc) is 3.23. The lowest BCUT2D eigenvalue weighted by molar-refractivity contribution is 0.354. The van der Waals surface area contributed by atoms with Crippen molar-refractivity contribution in [2.24, 2.45) is 21.5 Å². The number of nitrogens with zero attached hydrogens (tertiary/aromatic N) is 6. The van der Waals surface area contributed by atoms with Crippen molar-refractivity contribution in [1.82, 2.24) is 19.1 Å². The van der Waals surface area contributed by atoms with Gasteiger partial charge in [-0.15, -0.1) is 0 Å². The first-order valence-electron chi connectivity index (χ1n) is 10.6. The van der Waals surface area contributed by atoms with Crippen LogP contribution < -0.4 is 26.5 Å². The Labute approximate surface area is 196 Å². The number of aromatic nitrogens is 4. The Balaban J connectivity index is 1.56. The number of methoxy groups -OCH3 is 2. The number of aryl methyl sites for hydroxylation is 1. The average molecular weight is 463 g/mol. The highest BCUT2D eigenvalue weighted by atomic mass is 16.5. The summed E-state index contributed by atoms with van der Waals surface area (Å²) in [6.45, 7) is 0.316. The number of ether oxygens (including phenoxy) is 2. The van der Waals surface area contributed by atoms with E-state index in [0.29, 0.717) is 23.9 Å². The smallest absolute Gasteiger partial charge is 0.255 e. The first-order valence-corrected chi connectivity index (χ1v) is 10.6. The number of amidine groups is 1. The number of benzene rings is 1. The first-order chi connectivity index (χ1) is 16.4. The molecule has 4 rings (SSSR count). The lowest BCUT2D eigenvalue weighted by Gasteiger charge is -2.09. The van der Waals surface area contributed by atoms with Gasteiger partial charge in [0.25, 0.3) is 5.56 Å². The number of hydrogen-bond donors (Lipinski definition) is 2. The molecule has 3 aromatic rings. The van der Waals surface area contributed by atoms with Gasteiger partial charge in [0.1, 0.15) is 18.0 Å². The quantitative estimate of drug-likeness (QED) is 0.399. The maximum atomic E-state index is 12.7. The second-order valence-corrected chi connectivity index (χ2v) is 7.62. The molecule has 1 aliphatic rings. The van der Waals surface area contributed by atoms with E-state index in [9.17, 15) is 4.79 Å². The number of guanidine groups is 1. The Morgan fingerprint density at radius 1 is 1.18 bits per heavy atom. The van der Waals surface area contributed by atoms with E-state index in [-0.39, 0.29) is 23.8 Å². The fourth-order valence-electron chi connectivity index (χ4n) is 3.61. The van der Waals surface area contributed by atoms with E-state index >= 15 is 0 Å². The summed E-state index contributed by atoms with van der Waals surface area (Å²) in [4.78, 5) is 30.1. The molecule has 0 bridgehead atoms. The summed E-state index contributed by atoms with van der Waals surface area (Å²) < 4.78 is 14.1. The van der Waals surface area contributed by atoms with Crippen molar-refractivity contribution < 1.29 is 9.47 Å². The van der Waals surface area contributed by atoms with Crippen molar-refractivity contribution >= 4 is 23.8 Å². The van der Waals surface area contributed by atoms with E-state index in [1.807, 2.05) is 29.1 Å². The summed E-state index contributed by atoms with van der Waals surface area (Å²) in [5.74, 6) is 2.51. The van der Waals surface area contributed by atoms with Gasteiger partial charge in [-0.05, 0) is 24.1 Å². The van der Waals surface area contributed by atoms with E-state index in [2.05, 4.69) is 26.0 Å². The van der Waals surface area contributed by atoms with Crippen LogP contribution in [0.3, 0.4) is 0 Å². The third kappa shape index (κ3) is 5.31. The third-order valence-electron chi connectivity index (χ3n) is 5.17. The number of rotatable bonds is 7. The van der Waals surface area contributed by atoms with Crippen LogP contribution in [0.5, 0.6) is 11.5 Å². The lowest BCUT2D eigenvalue weighted by atomic mass is 10.1. The molecular formula is C23H26N8O3. The molecule has 0 aliphatic carbocycles. The summed E-state index contributed by atoms with van der Waals surface area (Å²) in [7, 11) is 3.12. The van der Waals surface area contributed by atoms with Crippen molar-refractivity contribution in [1.29, 1.82) is 0 Å². The summed E-state index contributed by atoms with van der Waals surface area (Å²) in [6.07, 6.45) is 9.57. The molecule has 0 fully saturated rings. The van der Waals surface area contributed by atoms with E-state index in [4.69, 9.17) is 20.9 Å². The fraction of sp³-hybridized carbons (Fsp3) is 0.261. The van der Waals surface area contributed by atoms with Gasteiger partial charge in [0.15, 0.2) is 23.3 Å². The van der Waals surface area contributed by atoms with Crippen LogP contribution in [-0.2, 0) is 19.4 Å². The van der Waals surface area contributed by atoms with Crippen LogP contribution in [-0.4, -0.2) is 45.1 Å². The maximum absolute atomic E-state index is 12.7. The SMILES string of the molecule is COc1ccc(C/C(N=C(N)N)=N\c2cc(=O)n(Cc3cn4c(n3)CCC=C4)cn2)cc1OC. The Bertz CT molecular complexity index is 1330. The lowest BCUT2D eigenvalue weighted by Crippen LogP contribution is -2.24. The van der Waals surface area contributed by atoms with Gasteiger partial charge in [0, 0.05) is 31.3 Å². The van der Waals surface area contributed by atoms with Crippen molar-refractivity contribution in [3.63, 3.8) is 0 Å². The zero-order chi connectivity index (χ0) is 24.1. The number of allylic oxidation sites excluding steroid dienone is 1. The van der Waals surface area contributed by atoms with Crippen molar-refractivity contribution in [2.45, 2.75) is 25.8 Å². The largest absolute Gasteiger partial charge is 0.493 e. The van der Waals surface area contributed by atoms with Gasteiger partial charge in [-0.2, -0.15) is 4.99 Å². The molecule has 176 valence electrons. The normalized spacial score (nSPS) is 12.8. The predicted molar refractivity (Wildman–Crippen MR) is 130 cm³/mol. The van der Waals surface area contributed by atoms with Gasteiger partial charge in [-0.1, -0.05) is 12.1 Å². The number of fused-ring (bicyclic) bond motifs is 1. The molecular weight excluding hydrogens is 436 g/mol. The molecule has 3 heterocycles. The van der Waals surface area contributed by atoms with Crippen LogP contribution in [0, 0.1) is 0 Å². The summed E-state index contributed by atoms with van der Waals surface area (Å²) in [6, 6.07) is 6.78. The molecule has 0 saturated carbocycles. The number of aliphatic imine (C=N–C) groups is 2. The van der Waals surface area contributed by atoms with E-state index in [1.54, 1.807) is 20.3 Å². The Hall–Kier alpha value is -4.41. The molecule has 0 spiro atoms. The molecule has 11 heteroatoms. The number of nitrogens with two attached hydrogens (primary N) is 2. The summed E-state index contributed by atoms with van der Waals surface area (Å²) in [5, 5.41) is 0. The number of hydrogen-bond acceptors (Lipinski definition) is 6. The van der Waals surface area contributed by atoms with Crippen LogP contribution in [0.1, 0.15) is 23.5 Å². The highest BCUT2D eigenvalue weighted by molar-refractivity contribution is 5.96. The van der Waals surface area contributed by atoms with Crippen molar-refractivity contribution in [3.05, 3.63) is 70.3 Å². The second kappa shape index (κ2) is 10.0. The highest BCUT2D eigenvalue weighted by Crippen LogP contribution is 2.28. The molecule has 1 aliphatic heterocycles. The Kier molecular flexibility index (Phi) is 6.72. The van der Waals surface area contributed by atoms with Gasteiger partial charge in [-0.25, -0.2) is 15.0 Å². The molecule has 0 amide bonds. The molecule has 34 heavy (non-hydrogen) atoms. The van der Waals surface area contributed by atoms with Crippen molar-refractivity contribution in [3.8, 4) is 11.5 Å². The molecule has 0 radical (unpaired) electrons. The second-order valence-electron chi connectivity index (χ2n) is 7.62. The van der Waals surface area contributed by atoms with Gasteiger partial charge in [0.2, 0.25) is 0 Å². The minimum absolute atomic E-state index is 0.148. The van der Waals surface area contributed by atoms with Crippen LogP contribution in [0.15, 0.2) is 57.6 Å². The molecule has 0 unspecified atom stereocenters. The zero-order valence-electron chi connectivity index (χ0n) is 19.0. The molecule has 11 nitrogen and oxygen atoms in total.